The maximum absolute atomic E-state index is 15.3. The number of ether oxygens (including phenoxy) is 2. The Morgan fingerprint density at radius 1 is 1.10 bits per heavy atom. The number of sulfonamides is 1. The van der Waals surface area contributed by atoms with Gasteiger partial charge in [0.2, 0.25) is 27.7 Å². The first-order chi connectivity index (χ1) is 27.3. The molecule has 2 aliphatic carbocycles. The predicted octanol–water partition coefficient (Wildman–Crippen LogP) is 4.15. The number of pyridine rings is 1. The number of likely N-dealkylation sites (N-methyl/N-ethyl adjacent to an activating group) is 1. The highest BCUT2D eigenvalue weighted by atomic mass is 32.2. The molecule has 5 amide bonds. The molecule has 58 heavy (non-hydrogen) atoms. The Balaban J connectivity index is 1.26. The Kier molecular flexibility index (Phi) is 11.1. The van der Waals surface area contributed by atoms with Gasteiger partial charge < -0.3 is 35.2 Å². The van der Waals surface area contributed by atoms with Gasteiger partial charge in [-0.2, -0.15) is 0 Å². The van der Waals surface area contributed by atoms with Crippen molar-refractivity contribution in [1.29, 1.82) is 0 Å². The first kappa shape index (κ1) is 41.6. The van der Waals surface area contributed by atoms with E-state index in [1.165, 1.54) is 4.90 Å². The highest BCUT2D eigenvalue weighted by Gasteiger charge is 2.62. The van der Waals surface area contributed by atoms with E-state index in [1.54, 1.807) is 13.1 Å². The summed E-state index contributed by atoms with van der Waals surface area (Å²) < 4.78 is 40.9. The molecule has 0 radical (unpaired) electrons. The second-order valence-electron chi connectivity index (χ2n) is 18.3. The molecule has 7 rings (SSSR count). The number of urea groups is 1. The Labute approximate surface area is 341 Å². The van der Waals surface area contributed by atoms with Crippen LogP contribution in [0.4, 0.5) is 10.5 Å². The maximum Gasteiger partial charge on any atom is 0.316 e. The van der Waals surface area contributed by atoms with Crippen LogP contribution in [0.2, 0.25) is 0 Å². The summed E-state index contributed by atoms with van der Waals surface area (Å²) in [5, 5.41) is 9.85. The van der Waals surface area contributed by atoms with E-state index in [1.807, 2.05) is 65.1 Å². The number of fused-ring (bicyclic) bond motifs is 5. The Bertz CT molecular complexity index is 2100. The summed E-state index contributed by atoms with van der Waals surface area (Å²) in [7, 11) is -1.90. The van der Waals surface area contributed by atoms with Crippen molar-refractivity contribution in [3.8, 4) is 11.6 Å². The average Bonchev–Trinajstić information content (AvgIpc) is 4.08. The third-order valence-corrected chi connectivity index (χ3v) is 14.3. The fourth-order valence-corrected chi connectivity index (χ4v) is 10.3. The lowest BCUT2D eigenvalue weighted by molar-refractivity contribution is -0.146. The minimum absolute atomic E-state index is 0.0120. The van der Waals surface area contributed by atoms with Crippen molar-refractivity contribution in [3.05, 3.63) is 36.5 Å². The third-order valence-electron chi connectivity index (χ3n) is 12.5. The molecule has 4 N–H and O–H groups in total. The van der Waals surface area contributed by atoms with Gasteiger partial charge in [0, 0.05) is 41.9 Å². The van der Waals surface area contributed by atoms with E-state index in [0.29, 0.717) is 50.0 Å². The van der Waals surface area contributed by atoms with E-state index in [4.69, 9.17) is 9.47 Å². The molecule has 1 saturated heterocycles. The van der Waals surface area contributed by atoms with Crippen molar-refractivity contribution in [2.75, 3.05) is 31.6 Å². The highest BCUT2D eigenvalue weighted by Crippen LogP contribution is 2.47. The van der Waals surface area contributed by atoms with Crippen LogP contribution in [-0.4, -0.2) is 103 Å². The number of aromatic nitrogens is 1. The zero-order valence-corrected chi connectivity index (χ0v) is 35.5. The standard InChI is InChI=1S/C42H59N7O8S/c1-8-26-21-25(2)11-9-10-12-27-23-42(27,37(51)47-58(54,55)29-13-14-29)44-35(50)33-22-28(24-49(33)38(52)41(26,6)46-39(53)45-40(3,4)5)57-36-31-15-16-32-34(30(31)17-18-43-36)56-20-19-48(32)7/h10,12,15-18,25-29,33H,8-9,11,13-14,19-24H2,1-7H3,(H,44,50)(H,47,51)(H2,45,46,53). The summed E-state index contributed by atoms with van der Waals surface area (Å²) in [6.45, 7) is 12.7. The second-order valence-corrected chi connectivity index (χ2v) is 20.2. The number of carbonyl (C=O) groups is 4. The van der Waals surface area contributed by atoms with E-state index in [-0.39, 0.29) is 31.2 Å². The van der Waals surface area contributed by atoms with Crippen LogP contribution in [-0.2, 0) is 24.4 Å². The van der Waals surface area contributed by atoms with Gasteiger partial charge in [0.05, 0.1) is 24.0 Å². The van der Waals surface area contributed by atoms with Gasteiger partial charge in [0.15, 0.2) is 5.75 Å². The van der Waals surface area contributed by atoms with Gasteiger partial charge in [-0.15, -0.1) is 0 Å². The number of carbonyl (C=O) groups excluding carboxylic acids is 4. The van der Waals surface area contributed by atoms with Gasteiger partial charge in [-0.05, 0) is 96.3 Å². The molecule has 1 aromatic carbocycles. The van der Waals surface area contributed by atoms with E-state index in [9.17, 15) is 22.8 Å². The lowest BCUT2D eigenvalue weighted by Crippen LogP contribution is -2.66. The Morgan fingerprint density at radius 3 is 2.57 bits per heavy atom. The van der Waals surface area contributed by atoms with Crippen molar-refractivity contribution in [2.45, 2.75) is 127 Å². The first-order valence-corrected chi connectivity index (χ1v) is 22.3. The lowest BCUT2D eigenvalue weighted by Gasteiger charge is -2.42. The molecular weight excluding hydrogens is 763 g/mol. The summed E-state index contributed by atoms with van der Waals surface area (Å²) in [6.07, 6.45) is 8.69. The number of nitrogens with zero attached hydrogens (tertiary/aromatic N) is 3. The molecule has 2 saturated carbocycles. The molecule has 1 aromatic heterocycles. The zero-order chi connectivity index (χ0) is 41.8. The molecule has 0 spiro atoms. The topological polar surface area (TPSA) is 188 Å². The van der Waals surface area contributed by atoms with E-state index >= 15 is 4.79 Å². The number of amides is 5. The van der Waals surface area contributed by atoms with Gasteiger partial charge in [-0.3, -0.25) is 19.1 Å². The van der Waals surface area contributed by atoms with E-state index in [0.717, 1.165) is 29.8 Å². The van der Waals surface area contributed by atoms with Crippen LogP contribution in [0.5, 0.6) is 11.6 Å². The summed E-state index contributed by atoms with van der Waals surface area (Å²) >= 11 is 0. The predicted molar refractivity (Wildman–Crippen MR) is 220 cm³/mol. The van der Waals surface area contributed by atoms with Crippen LogP contribution in [0.15, 0.2) is 36.5 Å². The molecule has 316 valence electrons. The monoisotopic (exact) mass is 821 g/mol. The summed E-state index contributed by atoms with van der Waals surface area (Å²) in [4.78, 5) is 65.8. The summed E-state index contributed by atoms with van der Waals surface area (Å²) in [5.41, 5.74) is -2.60. The summed E-state index contributed by atoms with van der Waals surface area (Å²) in [5.74, 6) is -1.38. The number of hydrogen-bond acceptors (Lipinski definition) is 10. The fourth-order valence-electron chi connectivity index (χ4n) is 8.91. The van der Waals surface area contributed by atoms with Crippen molar-refractivity contribution < 1.29 is 37.1 Å². The van der Waals surface area contributed by atoms with Crippen molar-refractivity contribution >= 4 is 50.2 Å². The molecule has 7 atom stereocenters. The number of benzene rings is 1. The minimum atomic E-state index is -3.91. The molecule has 3 fully saturated rings. The average molecular weight is 822 g/mol. The number of nitrogens with one attached hydrogen (secondary N) is 4. The molecule has 15 nitrogen and oxygen atoms in total. The van der Waals surface area contributed by atoms with Gasteiger partial charge in [-0.1, -0.05) is 32.4 Å². The second kappa shape index (κ2) is 15.5. The molecule has 0 bridgehead atoms. The van der Waals surface area contributed by atoms with Gasteiger partial charge in [0.1, 0.15) is 29.8 Å². The first-order valence-electron chi connectivity index (χ1n) is 20.7. The lowest BCUT2D eigenvalue weighted by atomic mass is 9.76. The normalized spacial score (nSPS) is 30.4. The van der Waals surface area contributed by atoms with Crippen LogP contribution in [0.3, 0.4) is 0 Å². The van der Waals surface area contributed by atoms with Crippen molar-refractivity contribution in [1.82, 2.24) is 30.6 Å². The zero-order valence-electron chi connectivity index (χ0n) is 34.7. The number of allylic oxidation sites excluding steroid dienone is 1. The van der Waals surface area contributed by atoms with Gasteiger partial charge in [0.25, 0.3) is 5.91 Å². The molecule has 4 heterocycles. The van der Waals surface area contributed by atoms with Crippen LogP contribution < -0.4 is 35.0 Å². The van der Waals surface area contributed by atoms with E-state index < -0.39 is 73.7 Å². The molecule has 3 aliphatic heterocycles. The molecule has 2 aromatic rings. The van der Waals surface area contributed by atoms with Crippen molar-refractivity contribution in [3.63, 3.8) is 0 Å². The van der Waals surface area contributed by atoms with E-state index in [2.05, 4.69) is 37.5 Å². The highest BCUT2D eigenvalue weighted by molar-refractivity contribution is 7.91. The maximum atomic E-state index is 15.3. The molecular formula is C42H59N7O8S. The van der Waals surface area contributed by atoms with Crippen LogP contribution >= 0.6 is 0 Å². The SMILES string of the molecule is CCC1CC(C)CCC=CC2CC2(C(=O)NS(=O)(=O)C2CC2)NC(=O)C2CC(Oc3nccc4c5c(ccc34)N(C)CCO5)CN2C(=O)C1(C)NC(=O)NC(C)(C)C. The molecule has 16 heteroatoms. The van der Waals surface area contributed by atoms with Crippen LogP contribution in [0.25, 0.3) is 10.8 Å². The Morgan fingerprint density at radius 2 is 1.86 bits per heavy atom. The number of anilines is 1. The minimum Gasteiger partial charge on any atom is -0.489 e. The fraction of sp³-hybridized carbons (Fsp3) is 0.643. The van der Waals surface area contributed by atoms with Crippen LogP contribution in [0.1, 0.15) is 92.9 Å². The largest absolute Gasteiger partial charge is 0.489 e. The van der Waals surface area contributed by atoms with Gasteiger partial charge in [-0.25, -0.2) is 18.2 Å². The quantitative estimate of drug-likeness (QED) is 0.296. The number of hydrogen-bond donors (Lipinski definition) is 4. The number of rotatable bonds is 7. The molecule has 7 unspecified atom stereocenters. The summed E-state index contributed by atoms with van der Waals surface area (Å²) in [6, 6.07) is 4.12. The van der Waals surface area contributed by atoms with Crippen molar-refractivity contribution in [2.24, 2.45) is 17.8 Å². The van der Waals surface area contributed by atoms with Crippen LogP contribution in [0, 0.1) is 17.8 Å². The smallest absolute Gasteiger partial charge is 0.316 e. The van der Waals surface area contributed by atoms with Gasteiger partial charge >= 0.3 is 6.03 Å². The molecule has 5 aliphatic rings. The Hall–Kier alpha value is -4.60. The third kappa shape index (κ3) is 8.30.